The third-order valence-electron chi connectivity index (χ3n) is 2.05. The maximum absolute atomic E-state index is 5.89. The summed E-state index contributed by atoms with van der Waals surface area (Å²) in [4.78, 5) is 1.09. The van der Waals surface area contributed by atoms with Crippen molar-refractivity contribution >= 4 is 17.4 Å². The summed E-state index contributed by atoms with van der Waals surface area (Å²) in [5, 5.41) is 0. The zero-order chi connectivity index (χ0) is 11.8. The first-order valence-electron chi connectivity index (χ1n) is 5.42. The molecule has 0 saturated carbocycles. The quantitative estimate of drug-likeness (QED) is 0.453. The van der Waals surface area contributed by atoms with Crippen LogP contribution in [0.1, 0.15) is 13.3 Å². The molecule has 16 heavy (non-hydrogen) atoms. The summed E-state index contributed by atoms with van der Waals surface area (Å²) in [6, 6.07) is 5.79. The number of ether oxygens (including phenoxy) is 2. The van der Waals surface area contributed by atoms with Crippen LogP contribution >= 0.6 is 11.8 Å². The molecular weight excluding hydrogens is 222 g/mol. The van der Waals surface area contributed by atoms with Crippen molar-refractivity contribution in [2.75, 3.05) is 31.8 Å². The van der Waals surface area contributed by atoms with E-state index in [4.69, 9.17) is 15.2 Å². The second-order valence-electron chi connectivity index (χ2n) is 3.33. The molecule has 0 amide bonds. The number of methoxy groups -OCH3 is 1. The van der Waals surface area contributed by atoms with E-state index >= 15 is 0 Å². The second-order valence-corrected chi connectivity index (χ2v) is 4.46. The minimum absolute atomic E-state index is 0.678. The first kappa shape index (κ1) is 13.2. The summed E-state index contributed by atoms with van der Waals surface area (Å²) in [5.74, 6) is 1.89. The molecule has 0 spiro atoms. The van der Waals surface area contributed by atoms with Crippen molar-refractivity contribution in [3.8, 4) is 5.75 Å². The van der Waals surface area contributed by atoms with Gasteiger partial charge in [-0.3, -0.25) is 0 Å². The van der Waals surface area contributed by atoms with Crippen molar-refractivity contribution < 1.29 is 9.47 Å². The Labute approximate surface area is 101 Å². The van der Waals surface area contributed by atoms with Gasteiger partial charge in [-0.15, -0.1) is 11.8 Å². The maximum atomic E-state index is 5.89. The molecule has 1 rings (SSSR count). The Kier molecular flexibility index (Phi) is 6.11. The fourth-order valence-corrected chi connectivity index (χ4v) is 2.20. The lowest BCUT2D eigenvalue weighted by molar-refractivity contribution is 0.200. The lowest BCUT2D eigenvalue weighted by atomic mass is 10.3. The Balaban J connectivity index is 2.52. The third-order valence-corrected chi connectivity index (χ3v) is 3.20. The van der Waals surface area contributed by atoms with Gasteiger partial charge in [-0.25, -0.2) is 0 Å². The van der Waals surface area contributed by atoms with Crippen molar-refractivity contribution in [2.24, 2.45) is 0 Å². The Morgan fingerprint density at radius 1 is 1.38 bits per heavy atom. The number of rotatable bonds is 7. The normalized spacial score (nSPS) is 10.4. The van der Waals surface area contributed by atoms with Crippen molar-refractivity contribution in [3.05, 3.63) is 18.2 Å². The van der Waals surface area contributed by atoms with Gasteiger partial charge >= 0.3 is 0 Å². The highest BCUT2D eigenvalue weighted by Gasteiger charge is 2.02. The van der Waals surface area contributed by atoms with E-state index in [0.717, 1.165) is 35.1 Å². The largest absolute Gasteiger partial charge is 0.494 e. The van der Waals surface area contributed by atoms with Crippen LogP contribution in [0, 0.1) is 0 Å². The summed E-state index contributed by atoms with van der Waals surface area (Å²) in [7, 11) is 1.72. The molecule has 0 aromatic heterocycles. The molecule has 0 atom stereocenters. The van der Waals surface area contributed by atoms with Crippen LogP contribution in [0.3, 0.4) is 0 Å². The van der Waals surface area contributed by atoms with Gasteiger partial charge in [0, 0.05) is 30.1 Å². The van der Waals surface area contributed by atoms with Crippen LogP contribution in [0.2, 0.25) is 0 Å². The van der Waals surface area contributed by atoms with Crippen molar-refractivity contribution in [2.45, 2.75) is 18.2 Å². The summed E-state index contributed by atoms with van der Waals surface area (Å²) < 4.78 is 10.4. The monoisotopic (exact) mass is 241 g/mol. The van der Waals surface area contributed by atoms with Crippen LogP contribution in [0.5, 0.6) is 5.75 Å². The Bertz CT molecular complexity index is 318. The number of benzene rings is 1. The molecule has 4 heteroatoms. The van der Waals surface area contributed by atoms with Gasteiger partial charge in [0.15, 0.2) is 0 Å². The van der Waals surface area contributed by atoms with Crippen LogP contribution in [0.25, 0.3) is 0 Å². The van der Waals surface area contributed by atoms with Gasteiger partial charge < -0.3 is 15.2 Å². The van der Waals surface area contributed by atoms with Crippen LogP contribution in [-0.4, -0.2) is 26.1 Å². The lowest BCUT2D eigenvalue weighted by Gasteiger charge is -2.08. The third kappa shape index (κ3) is 4.33. The Hall–Kier alpha value is -0.870. The predicted molar refractivity (Wildman–Crippen MR) is 69.2 cm³/mol. The first-order valence-corrected chi connectivity index (χ1v) is 6.40. The van der Waals surface area contributed by atoms with Crippen LogP contribution in [0.4, 0.5) is 5.69 Å². The van der Waals surface area contributed by atoms with E-state index in [2.05, 4.69) is 0 Å². The van der Waals surface area contributed by atoms with Crippen LogP contribution in [0.15, 0.2) is 23.1 Å². The molecule has 0 aliphatic heterocycles. The Morgan fingerprint density at radius 3 is 2.88 bits per heavy atom. The van der Waals surface area contributed by atoms with Crippen molar-refractivity contribution in [1.82, 2.24) is 0 Å². The Morgan fingerprint density at radius 2 is 2.19 bits per heavy atom. The van der Waals surface area contributed by atoms with E-state index in [1.807, 2.05) is 25.1 Å². The van der Waals surface area contributed by atoms with E-state index < -0.39 is 0 Å². The molecule has 0 fully saturated rings. The predicted octanol–water partition coefficient (Wildman–Crippen LogP) is 2.80. The van der Waals surface area contributed by atoms with E-state index in [1.54, 1.807) is 18.9 Å². The van der Waals surface area contributed by atoms with Gasteiger partial charge in [-0.2, -0.15) is 0 Å². The molecule has 1 aromatic carbocycles. The highest BCUT2D eigenvalue weighted by atomic mass is 32.2. The number of hydrogen-bond donors (Lipinski definition) is 1. The summed E-state index contributed by atoms with van der Waals surface area (Å²) >= 11 is 1.74. The molecule has 3 nitrogen and oxygen atoms in total. The molecule has 0 saturated heterocycles. The average molecular weight is 241 g/mol. The number of thioether (sulfide) groups is 1. The SMILES string of the molecule is CCOc1ccc(N)c(SCCCOC)c1. The second kappa shape index (κ2) is 7.41. The minimum atomic E-state index is 0.678. The summed E-state index contributed by atoms with van der Waals surface area (Å²) in [6.45, 7) is 3.44. The van der Waals surface area contributed by atoms with Gasteiger partial charge in [0.25, 0.3) is 0 Å². The standard InChI is InChI=1S/C12H19NO2S/c1-3-15-10-5-6-11(13)12(9-10)16-8-4-7-14-2/h5-6,9H,3-4,7-8,13H2,1-2H3. The smallest absolute Gasteiger partial charge is 0.120 e. The zero-order valence-electron chi connectivity index (χ0n) is 9.86. The molecular formula is C12H19NO2S. The number of anilines is 1. The summed E-state index contributed by atoms with van der Waals surface area (Å²) in [5.41, 5.74) is 6.70. The highest BCUT2D eigenvalue weighted by molar-refractivity contribution is 7.99. The molecule has 0 heterocycles. The van der Waals surface area contributed by atoms with E-state index in [-0.39, 0.29) is 0 Å². The molecule has 1 aromatic rings. The molecule has 0 aliphatic carbocycles. The number of nitrogen functional groups attached to an aromatic ring is 1. The zero-order valence-corrected chi connectivity index (χ0v) is 10.7. The molecule has 0 aliphatic rings. The molecule has 0 bridgehead atoms. The molecule has 2 N–H and O–H groups in total. The van der Waals surface area contributed by atoms with Gasteiger partial charge in [0.05, 0.1) is 6.61 Å². The van der Waals surface area contributed by atoms with Gasteiger partial charge in [-0.1, -0.05) is 0 Å². The van der Waals surface area contributed by atoms with E-state index in [1.165, 1.54) is 0 Å². The maximum Gasteiger partial charge on any atom is 0.120 e. The topological polar surface area (TPSA) is 44.5 Å². The lowest BCUT2D eigenvalue weighted by Crippen LogP contribution is -1.95. The van der Waals surface area contributed by atoms with Gasteiger partial charge in [0.2, 0.25) is 0 Å². The first-order chi connectivity index (χ1) is 7.77. The molecule has 90 valence electrons. The van der Waals surface area contributed by atoms with Gasteiger partial charge in [0.1, 0.15) is 5.75 Å². The molecule has 0 unspecified atom stereocenters. The minimum Gasteiger partial charge on any atom is -0.494 e. The highest BCUT2D eigenvalue weighted by Crippen LogP contribution is 2.29. The number of hydrogen-bond acceptors (Lipinski definition) is 4. The fraction of sp³-hybridized carbons (Fsp3) is 0.500. The van der Waals surface area contributed by atoms with Crippen LogP contribution < -0.4 is 10.5 Å². The van der Waals surface area contributed by atoms with Crippen molar-refractivity contribution in [1.29, 1.82) is 0 Å². The van der Waals surface area contributed by atoms with E-state index in [0.29, 0.717) is 6.61 Å². The van der Waals surface area contributed by atoms with E-state index in [9.17, 15) is 0 Å². The fourth-order valence-electron chi connectivity index (χ4n) is 1.28. The van der Waals surface area contributed by atoms with Gasteiger partial charge in [-0.05, 0) is 31.5 Å². The van der Waals surface area contributed by atoms with Crippen molar-refractivity contribution in [3.63, 3.8) is 0 Å². The summed E-state index contributed by atoms with van der Waals surface area (Å²) in [6.07, 6.45) is 1.03. The average Bonchev–Trinajstić information content (AvgIpc) is 2.29. The molecule has 0 radical (unpaired) electrons. The van der Waals surface area contributed by atoms with Crippen LogP contribution in [-0.2, 0) is 4.74 Å². The number of nitrogens with two attached hydrogens (primary N) is 1.